The highest BCUT2D eigenvalue weighted by Gasteiger charge is 2.11. The Morgan fingerprint density at radius 2 is 1.70 bits per heavy atom. The van der Waals surface area contributed by atoms with Crippen molar-refractivity contribution in [3.63, 3.8) is 0 Å². The summed E-state index contributed by atoms with van der Waals surface area (Å²) in [6, 6.07) is 6.27. The molecule has 0 aliphatic rings. The normalized spacial score (nSPS) is 11.7. The molecule has 4 heteroatoms. The molecule has 0 amide bonds. The molecule has 20 heavy (non-hydrogen) atoms. The topological polar surface area (TPSA) is 64.7 Å². The highest BCUT2D eigenvalue weighted by atomic mass is 15.0. The van der Waals surface area contributed by atoms with Crippen LogP contribution >= 0.6 is 0 Å². The van der Waals surface area contributed by atoms with Gasteiger partial charge in [0.1, 0.15) is 11.6 Å². The number of benzene rings is 1. The highest BCUT2D eigenvalue weighted by molar-refractivity contribution is 5.97. The fraction of sp³-hybridized carbons (Fsp3) is 0.312. The standard InChI is InChI=1S/C16H18N4/c1-8(2)15-19-14(17)12-7-11-10(4)5-9(3)6-13(11)18-16(12)20-15/h5-8H,1-4H3,(H2,17,18,19,20). The number of anilines is 1. The molecule has 0 unspecified atom stereocenters. The summed E-state index contributed by atoms with van der Waals surface area (Å²) in [4.78, 5) is 13.6. The van der Waals surface area contributed by atoms with E-state index in [1.807, 2.05) is 6.07 Å². The van der Waals surface area contributed by atoms with Crippen molar-refractivity contribution < 1.29 is 0 Å². The van der Waals surface area contributed by atoms with E-state index < -0.39 is 0 Å². The van der Waals surface area contributed by atoms with Gasteiger partial charge in [0.15, 0.2) is 5.65 Å². The highest BCUT2D eigenvalue weighted by Crippen LogP contribution is 2.26. The summed E-state index contributed by atoms with van der Waals surface area (Å²) >= 11 is 0. The average molecular weight is 266 g/mol. The number of rotatable bonds is 1. The zero-order chi connectivity index (χ0) is 14.4. The SMILES string of the molecule is Cc1cc(C)c2cc3c(N)nc(C(C)C)nc3nc2c1. The van der Waals surface area contributed by atoms with E-state index in [1.165, 1.54) is 11.1 Å². The smallest absolute Gasteiger partial charge is 0.165 e. The van der Waals surface area contributed by atoms with E-state index in [1.54, 1.807) is 0 Å². The molecule has 2 aromatic heterocycles. The van der Waals surface area contributed by atoms with Crippen LogP contribution < -0.4 is 5.73 Å². The van der Waals surface area contributed by atoms with Crippen LogP contribution in [-0.4, -0.2) is 15.0 Å². The summed E-state index contributed by atoms with van der Waals surface area (Å²) in [5, 5.41) is 1.93. The van der Waals surface area contributed by atoms with Crippen molar-refractivity contribution >= 4 is 27.8 Å². The molecule has 0 saturated carbocycles. The summed E-state index contributed by atoms with van der Waals surface area (Å²) < 4.78 is 0. The van der Waals surface area contributed by atoms with Crippen LogP contribution in [0.1, 0.15) is 36.7 Å². The van der Waals surface area contributed by atoms with E-state index in [-0.39, 0.29) is 5.92 Å². The fourth-order valence-corrected chi connectivity index (χ4v) is 2.47. The summed E-state index contributed by atoms with van der Waals surface area (Å²) in [5.74, 6) is 1.48. The van der Waals surface area contributed by atoms with E-state index in [0.29, 0.717) is 11.5 Å². The van der Waals surface area contributed by atoms with E-state index in [2.05, 4.69) is 54.8 Å². The zero-order valence-corrected chi connectivity index (χ0v) is 12.2. The number of hydrogen-bond donors (Lipinski definition) is 1. The van der Waals surface area contributed by atoms with Crippen LogP contribution in [0.3, 0.4) is 0 Å². The Bertz CT molecular complexity index is 822. The second-order valence-electron chi connectivity index (χ2n) is 5.63. The average Bonchev–Trinajstić information content (AvgIpc) is 2.36. The maximum atomic E-state index is 6.07. The third kappa shape index (κ3) is 1.97. The first kappa shape index (κ1) is 12.8. The van der Waals surface area contributed by atoms with Gasteiger partial charge in [0.05, 0.1) is 10.9 Å². The van der Waals surface area contributed by atoms with Gasteiger partial charge in [0, 0.05) is 11.3 Å². The second-order valence-corrected chi connectivity index (χ2v) is 5.63. The Balaban J connectivity index is 2.41. The summed E-state index contributed by atoms with van der Waals surface area (Å²) in [5.41, 5.74) is 10.1. The molecule has 1 aromatic carbocycles. The number of hydrogen-bond acceptors (Lipinski definition) is 4. The molecule has 0 fully saturated rings. The van der Waals surface area contributed by atoms with Crippen LogP contribution in [-0.2, 0) is 0 Å². The van der Waals surface area contributed by atoms with Crippen LogP contribution in [0.4, 0.5) is 5.82 Å². The molecule has 2 N–H and O–H groups in total. The number of aryl methyl sites for hydroxylation is 2. The predicted molar refractivity (Wildman–Crippen MR) is 82.8 cm³/mol. The maximum absolute atomic E-state index is 6.07. The molecule has 0 saturated heterocycles. The van der Waals surface area contributed by atoms with E-state index in [9.17, 15) is 0 Å². The Kier molecular flexibility index (Phi) is 2.82. The van der Waals surface area contributed by atoms with Gasteiger partial charge in [-0.05, 0) is 37.1 Å². The summed E-state index contributed by atoms with van der Waals surface area (Å²) in [6.45, 7) is 8.26. The largest absolute Gasteiger partial charge is 0.383 e. The lowest BCUT2D eigenvalue weighted by atomic mass is 10.0. The second kappa shape index (κ2) is 4.40. The molecule has 0 radical (unpaired) electrons. The Morgan fingerprint density at radius 1 is 0.950 bits per heavy atom. The van der Waals surface area contributed by atoms with E-state index in [0.717, 1.165) is 22.1 Å². The summed E-state index contributed by atoms with van der Waals surface area (Å²) in [6.07, 6.45) is 0. The quantitative estimate of drug-likeness (QED) is 0.685. The van der Waals surface area contributed by atoms with Gasteiger partial charge in [0.2, 0.25) is 0 Å². The Labute approximate surface area is 118 Å². The number of nitrogens with two attached hydrogens (primary N) is 1. The third-order valence-electron chi connectivity index (χ3n) is 3.51. The fourth-order valence-electron chi connectivity index (χ4n) is 2.47. The molecular formula is C16H18N4. The van der Waals surface area contributed by atoms with Gasteiger partial charge in [-0.15, -0.1) is 0 Å². The van der Waals surface area contributed by atoms with Crippen molar-refractivity contribution in [2.75, 3.05) is 5.73 Å². The van der Waals surface area contributed by atoms with Crippen LogP contribution in [0, 0.1) is 13.8 Å². The molecule has 3 aromatic rings. The first-order chi connectivity index (χ1) is 9.45. The van der Waals surface area contributed by atoms with Gasteiger partial charge in [-0.1, -0.05) is 19.9 Å². The Morgan fingerprint density at radius 3 is 2.40 bits per heavy atom. The van der Waals surface area contributed by atoms with Gasteiger partial charge in [-0.3, -0.25) is 0 Å². The number of nitrogen functional groups attached to an aromatic ring is 1. The molecule has 0 bridgehead atoms. The minimum absolute atomic E-state index is 0.235. The van der Waals surface area contributed by atoms with E-state index >= 15 is 0 Å². The first-order valence-electron chi connectivity index (χ1n) is 6.81. The number of pyridine rings is 1. The molecule has 102 valence electrons. The lowest BCUT2D eigenvalue weighted by Gasteiger charge is -2.10. The van der Waals surface area contributed by atoms with Crippen LogP contribution in [0.25, 0.3) is 21.9 Å². The Hall–Kier alpha value is -2.23. The van der Waals surface area contributed by atoms with Gasteiger partial charge >= 0.3 is 0 Å². The lowest BCUT2D eigenvalue weighted by molar-refractivity contribution is 0.783. The third-order valence-corrected chi connectivity index (χ3v) is 3.51. The first-order valence-corrected chi connectivity index (χ1v) is 6.81. The number of fused-ring (bicyclic) bond motifs is 2. The molecular weight excluding hydrogens is 248 g/mol. The maximum Gasteiger partial charge on any atom is 0.165 e. The van der Waals surface area contributed by atoms with Crippen LogP contribution in [0.5, 0.6) is 0 Å². The molecule has 0 aliphatic heterocycles. The molecule has 4 nitrogen and oxygen atoms in total. The molecule has 0 spiro atoms. The number of aromatic nitrogens is 3. The minimum atomic E-state index is 0.235. The minimum Gasteiger partial charge on any atom is -0.383 e. The monoisotopic (exact) mass is 266 g/mol. The lowest BCUT2D eigenvalue weighted by Crippen LogP contribution is -2.04. The van der Waals surface area contributed by atoms with Crippen molar-refractivity contribution in [1.29, 1.82) is 0 Å². The van der Waals surface area contributed by atoms with Crippen molar-refractivity contribution in [3.8, 4) is 0 Å². The van der Waals surface area contributed by atoms with Crippen molar-refractivity contribution in [1.82, 2.24) is 15.0 Å². The van der Waals surface area contributed by atoms with Gasteiger partial charge in [-0.25, -0.2) is 15.0 Å². The van der Waals surface area contributed by atoms with Gasteiger partial charge in [-0.2, -0.15) is 0 Å². The van der Waals surface area contributed by atoms with Gasteiger partial charge in [0.25, 0.3) is 0 Å². The van der Waals surface area contributed by atoms with Crippen molar-refractivity contribution in [2.45, 2.75) is 33.6 Å². The molecule has 0 atom stereocenters. The van der Waals surface area contributed by atoms with Gasteiger partial charge < -0.3 is 5.73 Å². The zero-order valence-electron chi connectivity index (χ0n) is 12.2. The van der Waals surface area contributed by atoms with Crippen LogP contribution in [0.15, 0.2) is 18.2 Å². The van der Waals surface area contributed by atoms with Crippen LogP contribution in [0.2, 0.25) is 0 Å². The van der Waals surface area contributed by atoms with E-state index in [4.69, 9.17) is 5.73 Å². The molecule has 0 aliphatic carbocycles. The predicted octanol–water partition coefficient (Wildman–Crippen LogP) is 3.50. The molecule has 2 heterocycles. The molecule has 3 rings (SSSR count). The number of nitrogens with zero attached hydrogens (tertiary/aromatic N) is 3. The van der Waals surface area contributed by atoms with Crippen molar-refractivity contribution in [2.24, 2.45) is 0 Å². The summed E-state index contributed by atoms with van der Waals surface area (Å²) in [7, 11) is 0. The van der Waals surface area contributed by atoms with Crippen molar-refractivity contribution in [3.05, 3.63) is 35.2 Å².